The fourth-order valence-electron chi connectivity index (χ4n) is 1.17. The van der Waals surface area contributed by atoms with Crippen LogP contribution < -0.4 is 0 Å². The molecule has 3 heteroatoms. The lowest BCUT2D eigenvalue weighted by atomic mass is 10.1. The van der Waals surface area contributed by atoms with Gasteiger partial charge in [-0.05, 0) is 30.5 Å². The van der Waals surface area contributed by atoms with Gasteiger partial charge in [-0.2, -0.15) is 0 Å². The predicted octanol–water partition coefficient (Wildman–Crippen LogP) is 2.45. The summed E-state index contributed by atoms with van der Waals surface area (Å²) in [5, 5.41) is 0. The second-order valence-corrected chi connectivity index (χ2v) is 4.26. The van der Waals surface area contributed by atoms with Crippen molar-refractivity contribution in [1.29, 1.82) is 0 Å². The Bertz CT molecular complexity index is 310. The molecule has 0 aliphatic carbocycles. The van der Waals surface area contributed by atoms with E-state index >= 15 is 0 Å². The maximum atomic E-state index is 11.2. The molecular formula is C10H15FOS. The molecule has 1 aromatic rings. The lowest BCUT2D eigenvalue weighted by molar-refractivity contribution is 0.686. The summed E-state index contributed by atoms with van der Waals surface area (Å²) in [7, 11) is -0.852. The van der Waals surface area contributed by atoms with E-state index in [1.165, 1.54) is 5.56 Å². The number of halogens is 1. The molecule has 0 aromatic heterocycles. The minimum Gasteiger partial charge on any atom is -0.269 e. The summed E-state index contributed by atoms with van der Waals surface area (Å²) < 4.78 is 11.2. The summed E-state index contributed by atoms with van der Waals surface area (Å²) in [5.41, 5.74) is 2.37. The van der Waals surface area contributed by atoms with E-state index in [1.807, 2.05) is 19.1 Å². The summed E-state index contributed by atoms with van der Waals surface area (Å²) in [4.78, 5) is 0.967. The normalized spacial score (nSPS) is 11.9. The van der Waals surface area contributed by atoms with Crippen LogP contribution in [0.5, 0.6) is 0 Å². The topological polar surface area (TPSA) is 17.1 Å². The maximum absolute atomic E-state index is 11.2. The van der Waals surface area contributed by atoms with Gasteiger partial charge in [-0.1, -0.05) is 19.1 Å². The Labute approximate surface area is 81.0 Å². The molecule has 1 rings (SSSR count). The molecule has 74 valence electrons. The van der Waals surface area contributed by atoms with E-state index in [0.717, 1.165) is 16.9 Å². The van der Waals surface area contributed by atoms with Crippen LogP contribution in [0.1, 0.15) is 18.1 Å². The number of rotatable bonds is 2. The highest BCUT2D eigenvalue weighted by atomic mass is 32.2. The number of aryl methyl sites for hydroxylation is 2. The predicted molar refractivity (Wildman–Crippen MR) is 55.4 cm³/mol. The largest absolute Gasteiger partial charge is 0.269 e. The second kappa shape index (κ2) is 5.12. The highest BCUT2D eigenvalue weighted by molar-refractivity contribution is 7.84. The molecule has 0 N–H and O–H groups in total. The third-order valence-corrected chi connectivity index (χ3v) is 3.03. The van der Waals surface area contributed by atoms with Crippen molar-refractivity contribution in [2.24, 2.45) is 0 Å². The van der Waals surface area contributed by atoms with E-state index in [1.54, 1.807) is 6.26 Å². The van der Waals surface area contributed by atoms with Gasteiger partial charge in [0.25, 0.3) is 0 Å². The summed E-state index contributed by atoms with van der Waals surface area (Å²) in [6.07, 6.45) is 2.73. The zero-order chi connectivity index (χ0) is 9.14. The smallest absolute Gasteiger partial charge is 0.0500 e. The van der Waals surface area contributed by atoms with E-state index < -0.39 is 10.8 Å². The van der Waals surface area contributed by atoms with E-state index in [9.17, 15) is 4.21 Å². The van der Waals surface area contributed by atoms with Crippen LogP contribution in [0, 0.1) is 6.92 Å². The van der Waals surface area contributed by atoms with Crippen molar-refractivity contribution in [3.05, 3.63) is 29.3 Å². The van der Waals surface area contributed by atoms with Gasteiger partial charge in [0.1, 0.15) is 0 Å². The molecule has 0 aliphatic heterocycles. The third kappa shape index (κ3) is 2.92. The second-order valence-electron chi connectivity index (χ2n) is 2.91. The molecule has 1 atom stereocenters. The van der Waals surface area contributed by atoms with Crippen LogP contribution in [0.2, 0.25) is 0 Å². The Morgan fingerprint density at radius 3 is 2.46 bits per heavy atom. The van der Waals surface area contributed by atoms with Crippen molar-refractivity contribution in [1.82, 2.24) is 0 Å². The minimum atomic E-state index is -0.852. The quantitative estimate of drug-likeness (QED) is 0.720. The minimum absolute atomic E-state index is 0. The molecule has 1 unspecified atom stereocenters. The van der Waals surface area contributed by atoms with E-state index in [0.29, 0.717) is 0 Å². The first-order chi connectivity index (χ1) is 5.65. The van der Waals surface area contributed by atoms with Crippen LogP contribution in [-0.2, 0) is 17.2 Å². The van der Waals surface area contributed by atoms with Crippen molar-refractivity contribution < 1.29 is 8.91 Å². The van der Waals surface area contributed by atoms with Crippen LogP contribution in [0.25, 0.3) is 0 Å². The van der Waals surface area contributed by atoms with E-state index in [2.05, 4.69) is 13.0 Å². The Morgan fingerprint density at radius 2 is 2.00 bits per heavy atom. The van der Waals surface area contributed by atoms with Gasteiger partial charge < -0.3 is 0 Å². The first-order valence-electron chi connectivity index (χ1n) is 4.08. The number of hydrogen-bond acceptors (Lipinski definition) is 1. The van der Waals surface area contributed by atoms with Gasteiger partial charge >= 0.3 is 0 Å². The average molecular weight is 202 g/mol. The highest BCUT2D eigenvalue weighted by Crippen LogP contribution is 2.14. The summed E-state index contributed by atoms with van der Waals surface area (Å²) in [5.74, 6) is 0. The van der Waals surface area contributed by atoms with Crippen molar-refractivity contribution in [3.8, 4) is 0 Å². The van der Waals surface area contributed by atoms with Crippen LogP contribution >= 0.6 is 0 Å². The van der Waals surface area contributed by atoms with Gasteiger partial charge in [-0.15, -0.1) is 0 Å². The highest BCUT2D eigenvalue weighted by Gasteiger charge is 2.02. The molecule has 0 aliphatic rings. The number of benzene rings is 1. The van der Waals surface area contributed by atoms with E-state index in [4.69, 9.17) is 0 Å². The molecular weight excluding hydrogens is 187 g/mol. The molecule has 0 amide bonds. The monoisotopic (exact) mass is 202 g/mol. The Kier molecular flexibility index (Phi) is 4.85. The number of hydrogen-bond donors (Lipinski definition) is 0. The summed E-state index contributed by atoms with van der Waals surface area (Å²) >= 11 is 0. The zero-order valence-corrected chi connectivity index (χ0v) is 8.98. The van der Waals surface area contributed by atoms with Crippen molar-refractivity contribution in [2.75, 3.05) is 6.26 Å². The average Bonchev–Trinajstić information content (AvgIpc) is 2.05. The van der Waals surface area contributed by atoms with Gasteiger partial charge in [-0.3, -0.25) is 8.91 Å². The van der Waals surface area contributed by atoms with Gasteiger partial charge in [0.05, 0.1) is 10.8 Å². The van der Waals surface area contributed by atoms with E-state index in [-0.39, 0.29) is 4.70 Å². The fraction of sp³-hybridized carbons (Fsp3) is 0.400. The Hall–Kier alpha value is -0.700. The molecule has 1 nitrogen and oxygen atoms in total. The summed E-state index contributed by atoms with van der Waals surface area (Å²) in [6.45, 7) is 4.10. The molecule has 1 aromatic carbocycles. The first-order valence-corrected chi connectivity index (χ1v) is 5.64. The molecule has 0 fully saturated rings. The van der Waals surface area contributed by atoms with Crippen molar-refractivity contribution >= 4 is 10.8 Å². The Morgan fingerprint density at radius 1 is 1.38 bits per heavy atom. The van der Waals surface area contributed by atoms with Crippen LogP contribution in [0.4, 0.5) is 4.70 Å². The summed E-state index contributed by atoms with van der Waals surface area (Å²) in [6, 6.07) is 6.16. The SMILES string of the molecule is CCc1ccc(C)c(S(C)=O)c1.F. The van der Waals surface area contributed by atoms with Crippen LogP contribution in [-0.4, -0.2) is 10.5 Å². The molecule has 0 bridgehead atoms. The van der Waals surface area contributed by atoms with Crippen molar-refractivity contribution in [2.45, 2.75) is 25.2 Å². The van der Waals surface area contributed by atoms with Crippen molar-refractivity contribution in [3.63, 3.8) is 0 Å². The van der Waals surface area contributed by atoms with Gasteiger partial charge in [0.15, 0.2) is 0 Å². The fourth-order valence-corrected chi connectivity index (χ4v) is 2.01. The maximum Gasteiger partial charge on any atom is 0.0500 e. The lowest BCUT2D eigenvalue weighted by Crippen LogP contribution is -1.93. The Balaban J connectivity index is 0.00000144. The van der Waals surface area contributed by atoms with Crippen LogP contribution in [0.3, 0.4) is 0 Å². The van der Waals surface area contributed by atoms with Gasteiger partial charge in [0.2, 0.25) is 0 Å². The third-order valence-electron chi connectivity index (χ3n) is 1.97. The molecule has 0 spiro atoms. The molecule has 0 radical (unpaired) electrons. The molecule has 0 saturated heterocycles. The molecule has 13 heavy (non-hydrogen) atoms. The van der Waals surface area contributed by atoms with Gasteiger partial charge in [-0.25, -0.2) is 0 Å². The molecule has 0 heterocycles. The zero-order valence-electron chi connectivity index (χ0n) is 8.16. The van der Waals surface area contributed by atoms with Crippen LogP contribution in [0.15, 0.2) is 23.1 Å². The lowest BCUT2D eigenvalue weighted by Gasteiger charge is -2.04. The molecule has 0 saturated carbocycles. The standard InChI is InChI=1S/C10H14OS.FH/c1-4-9-6-5-8(2)10(7-9)12(3)11;/h5-7H,4H2,1-3H3;1H. The van der Waals surface area contributed by atoms with Gasteiger partial charge in [0, 0.05) is 11.2 Å². The first kappa shape index (κ1) is 12.3.